The number of hydrogen-bond acceptors (Lipinski definition) is 3. The summed E-state index contributed by atoms with van der Waals surface area (Å²) in [4.78, 5) is 0. The molecule has 0 aliphatic heterocycles. The predicted octanol–water partition coefficient (Wildman–Crippen LogP) is 8.49. The highest BCUT2D eigenvalue weighted by Gasteiger charge is 2.29. The van der Waals surface area contributed by atoms with Crippen LogP contribution in [0.3, 0.4) is 0 Å². The molecule has 0 bridgehead atoms. The lowest BCUT2D eigenvalue weighted by molar-refractivity contribution is 0.290. The van der Waals surface area contributed by atoms with E-state index in [-0.39, 0.29) is 17.4 Å². The summed E-state index contributed by atoms with van der Waals surface area (Å²) < 4.78 is 37.4. The second-order valence-electron chi connectivity index (χ2n) is 10.8. The maximum Gasteiger partial charge on any atom is 0.165 e. The first kappa shape index (κ1) is 28.5. The van der Waals surface area contributed by atoms with E-state index < -0.39 is 5.41 Å². The van der Waals surface area contributed by atoms with Gasteiger partial charge in [-0.05, 0) is 75.2 Å². The van der Waals surface area contributed by atoms with Crippen LogP contribution in [0, 0.1) is 18.6 Å². The minimum absolute atomic E-state index is 0.237. The van der Waals surface area contributed by atoms with E-state index in [0.29, 0.717) is 12.2 Å². The van der Waals surface area contributed by atoms with Crippen LogP contribution in [0.15, 0.2) is 60.9 Å². The monoisotopic (exact) mass is 534 g/mol. The zero-order valence-electron chi connectivity index (χ0n) is 23.6. The van der Waals surface area contributed by atoms with Gasteiger partial charge in [0.15, 0.2) is 11.6 Å². The Morgan fingerprint density at radius 3 is 1.85 bits per heavy atom. The summed E-state index contributed by atoms with van der Waals surface area (Å²) in [5.41, 5.74) is 3.28. The average Bonchev–Trinajstić information content (AvgIpc) is 3.62. The molecule has 0 saturated carbocycles. The molecule has 39 heavy (non-hydrogen) atoms. The highest BCUT2D eigenvalue weighted by atomic mass is 19.1. The molecule has 4 aromatic rings. The Morgan fingerprint density at radius 1 is 0.718 bits per heavy atom. The molecule has 0 fully saturated rings. The van der Waals surface area contributed by atoms with Gasteiger partial charge >= 0.3 is 0 Å². The van der Waals surface area contributed by atoms with Crippen molar-refractivity contribution in [3.05, 3.63) is 89.5 Å². The standard InChI is InChI=1S/C32H40F2N4O/c1-5-6-7-8-9-10-11-12-21-39-29-23-26(14-16-28(29)34)38-20-18-31(36-38)32(3,4)30-17-19-37(35-30)25-13-15-27(33)24(2)22-25/h13-20,22-23H,5-12,21H2,1-4H3. The summed E-state index contributed by atoms with van der Waals surface area (Å²) in [7, 11) is 0. The normalized spacial score (nSPS) is 11.7. The Morgan fingerprint density at radius 2 is 1.26 bits per heavy atom. The van der Waals surface area contributed by atoms with Crippen LogP contribution in [-0.4, -0.2) is 26.2 Å². The zero-order valence-corrected chi connectivity index (χ0v) is 23.6. The summed E-state index contributed by atoms with van der Waals surface area (Å²) in [5.74, 6) is -0.354. The summed E-state index contributed by atoms with van der Waals surface area (Å²) in [6.07, 6.45) is 13.4. The molecule has 0 unspecified atom stereocenters. The minimum Gasteiger partial charge on any atom is -0.490 e. The number of aryl methyl sites for hydroxylation is 1. The van der Waals surface area contributed by atoms with Crippen molar-refractivity contribution in [2.75, 3.05) is 6.61 Å². The van der Waals surface area contributed by atoms with Gasteiger partial charge < -0.3 is 4.74 Å². The molecule has 2 aromatic heterocycles. The fourth-order valence-corrected chi connectivity index (χ4v) is 4.67. The van der Waals surface area contributed by atoms with E-state index in [1.54, 1.807) is 40.6 Å². The fourth-order valence-electron chi connectivity index (χ4n) is 4.67. The fraction of sp³-hybridized carbons (Fsp3) is 0.438. The van der Waals surface area contributed by atoms with Gasteiger partial charge in [0.2, 0.25) is 0 Å². The van der Waals surface area contributed by atoms with Crippen LogP contribution in [-0.2, 0) is 5.41 Å². The molecular weight excluding hydrogens is 494 g/mol. The van der Waals surface area contributed by atoms with Crippen molar-refractivity contribution in [1.82, 2.24) is 19.6 Å². The summed E-state index contributed by atoms with van der Waals surface area (Å²) in [6.45, 7) is 8.59. The van der Waals surface area contributed by atoms with E-state index in [2.05, 4.69) is 20.8 Å². The number of hydrogen-bond donors (Lipinski definition) is 0. The van der Waals surface area contributed by atoms with Crippen LogP contribution in [0.25, 0.3) is 11.4 Å². The maximum absolute atomic E-state index is 14.5. The van der Waals surface area contributed by atoms with Gasteiger partial charge in [0.1, 0.15) is 5.82 Å². The van der Waals surface area contributed by atoms with Crippen molar-refractivity contribution < 1.29 is 13.5 Å². The molecule has 0 spiro atoms. The highest BCUT2D eigenvalue weighted by Crippen LogP contribution is 2.30. The lowest BCUT2D eigenvalue weighted by Gasteiger charge is -2.20. The lowest BCUT2D eigenvalue weighted by Crippen LogP contribution is -2.21. The number of benzene rings is 2. The summed E-state index contributed by atoms with van der Waals surface area (Å²) >= 11 is 0. The van der Waals surface area contributed by atoms with E-state index in [1.807, 2.05) is 24.5 Å². The van der Waals surface area contributed by atoms with Crippen LogP contribution in [0.1, 0.15) is 89.1 Å². The second kappa shape index (κ2) is 13.0. The molecule has 2 aromatic carbocycles. The molecule has 208 valence electrons. The van der Waals surface area contributed by atoms with E-state index in [0.717, 1.165) is 35.6 Å². The van der Waals surface area contributed by atoms with Crippen molar-refractivity contribution in [2.45, 2.75) is 84.5 Å². The number of unbranched alkanes of at least 4 members (excludes halogenated alkanes) is 7. The first-order chi connectivity index (χ1) is 18.8. The predicted molar refractivity (Wildman–Crippen MR) is 152 cm³/mol. The SMILES string of the molecule is CCCCCCCCCCOc1cc(-n2ccc(C(C)(C)c3ccn(-c4ccc(F)c(C)c4)n3)n2)ccc1F. The van der Waals surface area contributed by atoms with E-state index >= 15 is 0 Å². The van der Waals surface area contributed by atoms with Crippen molar-refractivity contribution in [3.63, 3.8) is 0 Å². The quantitative estimate of drug-likeness (QED) is 0.152. The first-order valence-electron chi connectivity index (χ1n) is 14.1. The van der Waals surface area contributed by atoms with Gasteiger partial charge in [-0.25, -0.2) is 18.1 Å². The highest BCUT2D eigenvalue weighted by molar-refractivity contribution is 5.41. The van der Waals surface area contributed by atoms with E-state index in [9.17, 15) is 8.78 Å². The lowest BCUT2D eigenvalue weighted by atomic mass is 9.86. The van der Waals surface area contributed by atoms with Gasteiger partial charge in [0.05, 0.1) is 34.8 Å². The topological polar surface area (TPSA) is 44.9 Å². The van der Waals surface area contributed by atoms with Gasteiger partial charge in [0, 0.05) is 18.5 Å². The largest absolute Gasteiger partial charge is 0.490 e. The molecule has 4 rings (SSSR count). The van der Waals surface area contributed by atoms with Gasteiger partial charge in [-0.15, -0.1) is 0 Å². The number of halogens is 2. The molecule has 0 aliphatic rings. The van der Waals surface area contributed by atoms with Crippen molar-refractivity contribution >= 4 is 0 Å². The van der Waals surface area contributed by atoms with Crippen molar-refractivity contribution in [1.29, 1.82) is 0 Å². The smallest absolute Gasteiger partial charge is 0.165 e. The van der Waals surface area contributed by atoms with Crippen molar-refractivity contribution in [2.24, 2.45) is 0 Å². The summed E-state index contributed by atoms with van der Waals surface area (Å²) in [6, 6.07) is 13.7. The Labute approximate surface area is 230 Å². The third kappa shape index (κ3) is 7.14. The minimum atomic E-state index is -0.485. The molecule has 0 atom stereocenters. The van der Waals surface area contributed by atoms with Gasteiger partial charge in [0.25, 0.3) is 0 Å². The second-order valence-corrected chi connectivity index (χ2v) is 10.8. The Bertz CT molecular complexity index is 1360. The van der Waals surface area contributed by atoms with Crippen LogP contribution in [0.4, 0.5) is 8.78 Å². The average molecular weight is 535 g/mol. The van der Waals surface area contributed by atoms with Gasteiger partial charge in [-0.1, -0.05) is 51.9 Å². The number of aromatic nitrogens is 4. The Hall–Kier alpha value is -3.48. The third-order valence-corrected chi connectivity index (χ3v) is 7.30. The Balaban J connectivity index is 1.39. The molecular formula is C32H40F2N4O. The molecule has 0 aliphatic carbocycles. The molecule has 2 heterocycles. The number of nitrogens with zero attached hydrogens (tertiary/aromatic N) is 4. The molecule has 0 N–H and O–H groups in total. The van der Waals surface area contributed by atoms with Crippen LogP contribution in [0.5, 0.6) is 5.75 Å². The molecule has 0 saturated heterocycles. The first-order valence-corrected chi connectivity index (χ1v) is 14.1. The number of ether oxygens (including phenoxy) is 1. The molecule has 5 nitrogen and oxygen atoms in total. The van der Waals surface area contributed by atoms with Crippen molar-refractivity contribution in [3.8, 4) is 17.1 Å². The number of rotatable bonds is 14. The molecule has 0 amide bonds. The third-order valence-electron chi connectivity index (χ3n) is 7.30. The van der Waals surface area contributed by atoms with Crippen LogP contribution in [0.2, 0.25) is 0 Å². The van der Waals surface area contributed by atoms with Gasteiger partial charge in [-0.2, -0.15) is 10.2 Å². The molecule has 7 heteroatoms. The molecule has 0 radical (unpaired) electrons. The summed E-state index contributed by atoms with van der Waals surface area (Å²) in [5, 5.41) is 9.55. The maximum atomic E-state index is 14.5. The van der Waals surface area contributed by atoms with Gasteiger partial charge in [-0.3, -0.25) is 0 Å². The van der Waals surface area contributed by atoms with Crippen LogP contribution < -0.4 is 4.74 Å². The van der Waals surface area contributed by atoms with E-state index in [4.69, 9.17) is 14.9 Å². The van der Waals surface area contributed by atoms with Crippen LogP contribution >= 0.6 is 0 Å². The Kier molecular flexibility index (Phi) is 9.54. The van der Waals surface area contributed by atoms with E-state index in [1.165, 1.54) is 50.7 Å². The zero-order chi connectivity index (χ0) is 27.8.